The van der Waals surface area contributed by atoms with Crippen LogP contribution in [0.1, 0.15) is 32.8 Å². The summed E-state index contributed by atoms with van der Waals surface area (Å²) in [7, 11) is 0. The Morgan fingerprint density at radius 3 is 2.76 bits per heavy atom. The number of benzene rings is 1. The van der Waals surface area contributed by atoms with Crippen molar-refractivity contribution in [3.8, 4) is 0 Å². The van der Waals surface area contributed by atoms with Gasteiger partial charge >= 0.3 is 0 Å². The van der Waals surface area contributed by atoms with E-state index in [0.717, 1.165) is 31.5 Å². The third-order valence-electron chi connectivity index (χ3n) is 3.83. The second kappa shape index (κ2) is 8.11. The van der Waals surface area contributed by atoms with Crippen molar-refractivity contribution in [1.82, 2.24) is 10.3 Å². The van der Waals surface area contributed by atoms with Crippen LogP contribution in [0.5, 0.6) is 0 Å². The molecule has 1 aromatic carbocycles. The minimum atomic E-state index is 0.202. The van der Waals surface area contributed by atoms with Gasteiger partial charge in [0.05, 0.1) is 11.6 Å². The number of hydrogen-bond donors (Lipinski definition) is 1. The summed E-state index contributed by atoms with van der Waals surface area (Å²) in [6, 6.07) is 10.8. The van der Waals surface area contributed by atoms with Crippen LogP contribution in [-0.2, 0) is 11.2 Å². The van der Waals surface area contributed by atoms with Crippen LogP contribution in [0.3, 0.4) is 0 Å². The van der Waals surface area contributed by atoms with Crippen LogP contribution in [0.2, 0.25) is 0 Å². The molecule has 0 radical (unpaired) electrons. The zero-order valence-corrected chi connectivity index (χ0v) is 13.3. The fourth-order valence-electron chi connectivity index (χ4n) is 2.68. The molecule has 21 heavy (non-hydrogen) atoms. The van der Waals surface area contributed by atoms with Gasteiger partial charge in [-0.25, -0.2) is 0 Å². The number of nitrogens with one attached hydrogen (secondary N) is 1. The van der Waals surface area contributed by atoms with Crippen LogP contribution in [0.4, 0.5) is 0 Å². The van der Waals surface area contributed by atoms with Crippen molar-refractivity contribution in [2.45, 2.75) is 45.8 Å². The van der Waals surface area contributed by atoms with Crippen molar-refractivity contribution in [3.63, 3.8) is 0 Å². The molecule has 2 aromatic rings. The van der Waals surface area contributed by atoms with E-state index >= 15 is 0 Å². The van der Waals surface area contributed by atoms with Crippen molar-refractivity contribution in [2.24, 2.45) is 0 Å². The third kappa shape index (κ3) is 4.26. The Labute approximate surface area is 127 Å². The molecule has 3 heteroatoms. The minimum absolute atomic E-state index is 0.202. The predicted octanol–water partition coefficient (Wildman–Crippen LogP) is 3.57. The number of rotatable bonds is 8. The van der Waals surface area contributed by atoms with Crippen LogP contribution in [-0.4, -0.2) is 30.3 Å². The normalized spacial score (nSPS) is 14.2. The molecule has 2 atom stereocenters. The molecule has 0 fully saturated rings. The van der Waals surface area contributed by atoms with E-state index in [0.29, 0.717) is 6.04 Å². The Morgan fingerprint density at radius 2 is 2.00 bits per heavy atom. The molecule has 0 aliphatic carbocycles. The van der Waals surface area contributed by atoms with Crippen molar-refractivity contribution in [3.05, 3.63) is 42.1 Å². The number of nitrogens with zero attached hydrogens (tertiary/aromatic N) is 1. The number of hydrogen-bond acceptors (Lipinski definition) is 3. The van der Waals surface area contributed by atoms with E-state index in [2.05, 4.69) is 55.3 Å². The van der Waals surface area contributed by atoms with E-state index in [1.807, 2.05) is 12.3 Å². The topological polar surface area (TPSA) is 34.2 Å². The molecule has 2 rings (SSSR count). The van der Waals surface area contributed by atoms with Gasteiger partial charge in [0.15, 0.2) is 0 Å². The van der Waals surface area contributed by atoms with Crippen LogP contribution in [0.15, 0.2) is 36.5 Å². The van der Waals surface area contributed by atoms with E-state index in [4.69, 9.17) is 4.74 Å². The van der Waals surface area contributed by atoms with Gasteiger partial charge in [-0.1, -0.05) is 25.1 Å². The molecular weight excluding hydrogens is 260 g/mol. The summed E-state index contributed by atoms with van der Waals surface area (Å²) in [6.45, 7) is 8.17. The van der Waals surface area contributed by atoms with Gasteiger partial charge in [-0.15, -0.1) is 0 Å². The van der Waals surface area contributed by atoms with Crippen LogP contribution < -0.4 is 5.32 Å². The highest BCUT2D eigenvalue weighted by molar-refractivity contribution is 5.81. The van der Waals surface area contributed by atoms with Crippen molar-refractivity contribution in [2.75, 3.05) is 13.2 Å². The zero-order valence-electron chi connectivity index (χ0n) is 13.3. The van der Waals surface area contributed by atoms with Crippen LogP contribution in [0, 0.1) is 0 Å². The minimum Gasteiger partial charge on any atom is -0.377 e. The molecule has 1 aromatic heterocycles. The molecule has 2 unspecified atom stereocenters. The molecule has 0 saturated heterocycles. The molecule has 114 valence electrons. The van der Waals surface area contributed by atoms with Gasteiger partial charge in [0.2, 0.25) is 0 Å². The lowest BCUT2D eigenvalue weighted by Crippen LogP contribution is -2.42. The molecule has 0 spiro atoms. The van der Waals surface area contributed by atoms with Crippen LogP contribution in [0.25, 0.3) is 10.9 Å². The lowest BCUT2D eigenvalue weighted by molar-refractivity contribution is 0.0477. The first-order valence-corrected chi connectivity index (χ1v) is 7.93. The van der Waals surface area contributed by atoms with Gasteiger partial charge in [0.25, 0.3) is 0 Å². The number of aromatic nitrogens is 1. The summed E-state index contributed by atoms with van der Waals surface area (Å²) in [4.78, 5) is 4.44. The maximum Gasteiger partial charge on any atom is 0.0704 e. The first-order chi connectivity index (χ1) is 10.3. The molecule has 3 nitrogen and oxygen atoms in total. The van der Waals surface area contributed by atoms with E-state index in [9.17, 15) is 0 Å². The fourth-order valence-corrected chi connectivity index (χ4v) is 2.68. The quantitative estimate of drug-likeness (QED) is 0.805. The monoisotopic (exact) mass is 286 g/mol. The Hall–Kier alpha value is -1.45. The second-order valence-corrected chi connectivity index (χ2v) is 5.41. The number of para-hydroxylation sites is 1. The maximum atomic E-state index is 5.81. The SMILES string of the molecule is CCCNC(Cc1ccnc2ccccc12)C(C)OCC. The molecule has 0 aliphatic rings. The smallest absolute Gasteiger partial charge is 0.0704 e. The summed E-state index contributed by atoms with van der Waals surface area (Å²) in [6.07, 6.45) is 4.20. The van der Waals surface area contributed by atoms with Crippen molar-refractivity contribution in [1.29, 1.82) is 0 Å². The Morgan fingerprint density at radius 1 is 1.19 bits per heavy atom. The number of ether oxygens (including phenoxy) is 1. The van der Waals surface area contributed by atoms with Crippen LogP contribution >= 0.6 is 0 Å². The molecule has 0 bridgehead atoms. The average Bonchev–Trinajstić information content (AvgIpc) is 2.51. The van der Waals surface area contributed by atoms with E-state index < -0.39 is 0 Å². The van der Waals surface area contributed by atoms with Gasteiger partial charge in [-0.2, -0.15) is 0 Å². The van der Waals surface area contributed by atoms with Gasteiger partial charge in [-0.05, 0) is 50.9 Å². The largest absolute Gasteiger partial charge is 0.377 e. The maximum absolute atomic E-state index is 5.81. The molecule has 1 N–H and O–H groups in total. The number of pyridine rings is 1. The molecule has 0 amide bonds. The third-order valence-corrected chi connectivity index (χ3v) is 3.83. The highest BCUT2D eigenvalue weighted by Crippen LogP contribution is 2.19. The molecule has 0 saturated carbocycles. The lowest BCUT2D eigenvalue weighted by Gasteiger charge is -2.25. The van der Waals surface area contributed by atoms with Crippen molar-refractivity contribution >= 4 is 10.9 Å². The highest BCUT2D eigenvalue weighted by atomic mass is 16.5. The Bertz CT molecular complexity index is 550. The van der Waals surface area contributed by atoms with Gasteiger partial charge < -0.3 is 10.1 Å². The first-order valence-electron chi connectivity index (χ1n) is 7.93. The molecular formula is C18H26N2O. The first kappa shape index (κ1) is 15.9. The second-order valence-electron chi connectivity index (χ2n) is 5.41. The summed E-state index contributed by atoms with van der Waals surface area (Å²) in [5, 5.41) is 4.86. The zero-order chi connectivity index (χ0) is 15.1. The fraction of sp³-hybridized carbons (Fsp3) is 0.500. The summed E-state index contributed by atoms with van der Waals surface area (Å²) >= 11 is 0. The van der Waals surface area contributed by atoms with E-state index in [-0.39, 0.29) is 6.10 Å². The average molecular weight is 286 g/mol. The molecule has 0 aliphatic heterocycles. The highest BCUT2D eigenvalue weighted by Gasteiger charge is 2.18. The van der Waals surface area contributed by atoms with Gasteiger partial charge in [0.1, 0.15) is 0 Å². The van der Waals surface area contributed by atoms with Gasteiger partial charge in [0, 0.05) is 24.2 Å². The van der Waals surface area contributed by atoms with Crippen molar-refractivity contribution < 1.29 is 4.74 Å². The van der Waals surface area contributed by atoms with E-state index in [1.165, 1.54) is 10.9 Å². The summed E-state index contributed by atoms with van der Waals surface area (Å²) in [5.41, 5.74) is 2.40. The Kier molecular flexibility index (Phi) is 6.15. The van der Waals surface area contributed by atoms with E-state index in [1.54, 1.807) is 0 Å². The summed E-state index contributed by atoms with van der Waals surface area (Å²) < 4.78 is 5.81. The Balaban J connectivity index is 2.21. The number of fused-ring (bicyclic) bond motifs is 1. The predicted molar refractivity (Wildman–Crippen MR) is 88.6 cm³/mol. The molecule has 1 heterocycles. The standard InChI is InChI=1S/C18H26N2O/c1-4-11-19-18(14(3)21-5-2)13-15-10-12-20-17-9-7-6-8-16(15)17/h6-10,12,14,18-19H,4-5,11,13H2,1-3H3. The van der Waals surface area contributed by atoms with Gasteiger partial charge in [-0.3, -0.25) is 4.98 Å². The summed E-state index contributed by atoms with van der Waals surface area (Å²) in [5.74, 6) is 0. The lowest BCUT2D eigenvalue weighted by atomic mass is 9.98.